The highest BCUT2D eigenvalue weighted by Gasteiger charge is 2.18. The van der Waals surface area contributed by atoms with Gasteiger partial charge in [-0.3, -0.25) is 19.4 Å². The van der Waals surface area contributed by atoms with Gasteiger partial charge >= 0.3 is 0 Å². The van der Waals surface area contributed by atoms with Gasteiger partial charge in [-0.2, -0.15) is 0 Å². The first kappa shape index (κ1) is 22.0. The Morgan fingerprint density at radius 3 is 2.45 bits per heavy atom. The van der Waals surface area contributed by atoms with E-state index >= 15 is 0 Å². The van der Waals surface area contributed by atoms with E-state index in [1.165, 1.54) is 18.6 Å². The van der Waals surface area contributed by atoms with Gasteiger partial charge in [0.15, 0.2) is 5.78 Å². The number of carbonyl (C=O) groups excluding carboxylic acids is 2. The SMILES string of the molecule is COc1ccc(CNC(=O)Cn2cc(C(=O)c3ccncc3)c(=O)c3cc(C)ccc32)cc1. The van der Waals surface area contributed by atoms with Crippen LogP contribution in [0.15, 0.2) is 78.0 Å². The minimum absolute atomic E-state index is 0.0160. The van der Waals surface area contributed by atoms with Crippen LogP contribution in [-0.4, -0.2) is 28.4 Å². The van der Waals surface area contributed by atoms with Gasteiger partial charge in [0.25, 0.3) is 0 Å². The number of hydrogen-bond donors (Lipinski definition) is 1. The average molecular weight is 441 g/mol. The molecular formula is C26H23N3O4. The van der Waals surface area contributed by atoms with Gasteiger partial charge in [0, 0.05) is 36.1 Å². The van der Waals surface area contributed by atoms with Gasteiger partial charge in [-0.25, -0.2) is 0 Å². The number of benzene rings is 2. The normalized spacial score (nSPS) is 10.7. The van der Waals surface area contributed by atoms with Gasteiger partial charge in [-0.1, -0.05) is 23.8 Å². The second-order valence-electron chi connectivity index (χ2n) is 7.71. The van der Waals surface area contributed by atoms with Crippen molar-refractivity contribution in [2.75, 3.05) is 7.11 Å². The molecule has 0 aliphatic heterocycles. The number of methoxy groups -OCH3 is 1. The summed E-state index contributed by atoms with van der Waals surface area (Å²) in [6.07, 6.45) is 4.48. The van der Waals surface area contributed by atoms with E-state index in [-0.39, 0.29) is 23.4 Å². The Hall–Kier alpha value is -4.26. The molecule has 0 unspecified atom stereocenters. The number of rotatable bonds is 7. The molecule has 0 fully saturated rings. The van der Waals surface area contributed by atoms with Gasteiger partial charge in [0.1, 0.15) is 12.3 Å². The van der Waals surface area contributed by atoms with Crippen molar-refractivity contribution in [2.45, 2.75) is 20.0 Å². The van der Waals surface area contributed by atoms with Crippen LogP contribution in [0, 0.1) is 6.92 Å². The van der Waals surface area contributed by atoms with Gasteiger partial charge in [0.05, 0.1) is 18.2 Å². The van der Waals surface area contributed by atoms with Crippen LogP contribution in [0.4, 0.5) is 0 Å². The van der Waals surface area contributed by atoms with Crippen molar-refractivity contribution in [3.8, 4) is 5.75 Å². The van der Waals surface area contributed by atoms with E-state index in [9.17, 15) is 14.4 Å². The molecule has 0 bridgehead atoms. The Kier molecular flexibility index (Phi) is 6.31. The molecule has 1 amide bonds. The molecule has 166 valence electrons. The number of ketones is 1. The molecule has 2 aromatic heterocycles. The molecule has 2 aromatic carbocycles. The summed E-state index contributed by atoms with van der Waals surface area (Å²) in [5.41, 5.74) is 2.44. The zero-order valence-electron chi connectivity index (χ0n) is 18.4. The fraction of sp³-hybridized carbons (Fsp3) is 0.154. The predicted octanol–water partition coefficient (Wildman–Crippen LogP) is 3.26. The van der Waals surface area contributed by atoms with E-state index in [4.69, 9.17) is 4.74 Å². The Balaban J connectivity index is 1.64. The van der Waals surface area contributed by atoms with Crippen LogP contribution < -0.4 is 15.5 Å². The number of pyridine rings is 2. The molecule has 4 rings (SSSR count). The molecule has 0 saturated carbocycles. The number of fused-ring (bicyclic) bond motifs is 1. The van der Waals surface area contributed by atoms with E-state index in [0.29, 0.717) is 23.0 Å². The van der Waals surface area contributed by atoms with Gasteiger partial charge in [0.2, 0.25) is 11.3 Å². The Morgan fingerprint density at radius 2 is 1.76 bits per heavy atom. The van der Waals surface area contributed by atoms with E-state index in [1.807, 2.05) is 37.3 Å². The lowest BCUT2D eigenvalue weighted by Crippen LogP contribution is -2.29. The lowest BCUT2D eigenvalue weighted by Gasteiger charge is -2.14. The molecule has 7 heteroatoms. The van der Waals surface area contributed by atoms with Crippen molar-refractivity contribution in [1.82, 2.24) is 14.9 Å². The van der Waals surface area contributed by atoms with Gasteiger partial charge in [-0.15, -0.1) is 0 Å². The maximum Gasteiger partial charge on any atom is 0.240 e. The van der Waals surface area contributed by atoms with Crippen molar-refractivity contribution >= 4 is 22.6 Å². The first-order chi connectivity index (χ1) is 16.0. The Morgan fingerprint density at radius 1 is 1.03 bits per heavy atom. The standard InChI is InChI=1S/C26H23N3O4/c1-17-3-8-23-21(13-17)26(32)22(25(31)19-9-11-27-12-10-19)15-29(23)16-24(30)28-14-18-4-6-20(33-2)7-5-18/h3-13,15H,14,16H2,1-2H3,(H,28,30). The monoisotopic (exact) mass is 441 g/mol. The summed E-state index contributed by atoms with van der Waals surface area (Å²) in [6.45, 7) is 2.19. The summed E-state index contributed by atoms with van der Waals surface area (Å²) < 4.78 is 6.79. The second-order valence-corrected chi connectivity index (χ2v) is 7.71. The molecule has 0 radical (unpaired) electrons. The summed E-state index contributed by atoms with van der Waals surface area (Å²) in [4.78, 5) is 42.8. The third-order valence-corrected chi connectivity index (χ3v) is 5.39. The average Bonchev–Trinajstić information content (AvgIpc) is 2.85. The zero-order valence-corrected chi connectivity index (χ0v) is 18.4. The minimum Gasteiger partial charge on any atom is -0.497 e. The molecular weight excluding hydrogens is 418 g/mol. The molecule has 0 aliphatic carbocycles. The van der Waals surface area contributed by atoms with Gasteiger partial charge in [-0.05, 0) is 48.9 Å². The zero-order chi connectivity index (χ0) is 23.4. The quantitative estimate of drug-likeness (QED) is 0.445. The maximum atomic E-state index is 13.1. The third kappa shape index (κ3) is 4.82. The number of amides is 1. The summed E-state index contributed by atoms with van der Waals surface area (Å²) in [7, 11) is 1.60. The molecule has 1 N–H and O–H groups in total. The largest absolute Gasteiger partial charge is 0.497 e. The third-order valence-electron chi connectivity index (χ3n) is 5.39. The summed E-state index contributed by atoms with van der Waals surface area (Å²) >= 11 is 0. The van der Waals surface area contributed by atoms with Gasteiger partial charge < -0.3 is 14.6 Å². The number of carbonyl (C=O) groups is 2. The lowest BCUT2D eigenvalue weighted by atomic mass is 10.0. The molecule has 2 heterocycles. The number of aromatic nitrogens is 2. The van der Waals surface area contributed by atoms with E-state index in [0.717, 1.165) is 16.9 Å². The van der Waals surface area contributed by atoms with Crippen molar-refractivity contribution in [3.63, 3.8) is 0 Å². The fourth-order valence-electron chi connectivity index (χ4n) is 3.62. The number of hydrogen-bond acceptors (Lipinski definition) is 5. The van der Waals surface area contributed by atoms with Crippen LogP contribution in [0.2, 0.25) is 0 Å². The highest BCUT2D eigenvalue weighted by molar-refractivity contribution is 6.10. The summed E-state index contributed by atoms with van der Waals surface area (Å²) in [5, 5.41) is 3.28. The summed E-state index contributed by atoms with van der Waals surface area (Å²) in [5.74, 6) is 0.100. The number of nitrogens with zero attached hydrogens (tertiary/aromatic N) is 2. The highest BCUT2D eigenvalue weighted by Crippen LogP contribution is 2.16. The Labute approximate surface area is 190 Å². The van der Waals surface area contributed by atoms with Crippen LogP contribution in [0.25, 0.3) is 10.9 Å². The van der Waals surface area contributed by atoms with Crippen LogP contribution in [-0.2, 0) is 17.9 Å². The molecule has 4 aromatic rings. The Bertz CT molecular complexity index is 1380. The minimum atomic E-state index is -0.404. The molecule has 0 atom stereocenters. The molecule has 0 spiro atoms. The van der Waals surface area contributed by atoms with Crippen LogP contribution in [0.3, 0.4) is 0 Å². The summed E-state index contributed by atoms with van der Waals surface area (Å²) in [6, 6.07) is 16.0. The van der Waals surface area contributed by atoms with Crippen LogP contribution in [0.5, 0.6) is 5.75 Å². The molecule has 0 aliphatic rings. The smallest absolute Gasteiger partial charge is 0.240 e. The van der Waals surface area contributed by atoms with E-state index in [1.54, 1.807) is 35.9 Å². The van der Waals surface area contributed by atoms with E-state index < -0.39 is 5.78 Å². The first-order valence-electron chi connectivity index (χ1n) is 10.4. The number of ether oxygens (including phenoxy) is 1. The number of nitrogens with one attached hydrogen (secondary N) is 1. The second kappa shape index (κ2) is 9.48. The van der Waals surface area contributed by atoms with E-state index in [2.05, 4.69) is 10.3 Å². The van der Waals surface area contributed by atoms with Crippen molar-refractivity contribution < 1.29 is 14.3 Å². The first-order valence-corrected chi connectivity index (χ1v) is 10.4. The van der Waals surface area contributed by atoms with Crippen molar-refractivity contribution in [3.05, 3.63) is 106 Å². The topological polar surface area (TPSA) is 90.3 Å². The maximum absolute atomic E-state index is 13.1. The van der Waals surface area contributed by atoms with Crippen molar-refractivity contribution in [1.29, 1.82) is 0 Å². The fourth-order valence-corrected chi connectivity index (χ4v) is 3.62. The van der Waals surface area contributed by atoms with Crippen molar-refractivity contribution in [2.24, 2.45) is 0 Å². The lowest BCUT2D eigenvalue weighted by molar-refractivity contribution is -0.121. The number of aryl methyl sites for hydroxylation is 1. The highest BCUT2D eigenvalue weighted by atomic mass is 16.5. The predicted molar refractivity (Wildman–Crippen MR) is 125 cm³/mol. The molecule has 7 nitrogen and oxygen atoms in total. The molecule has 0 saturated heterocycles. The van der Waals surface area contributed by atoms with Crippen LogP contribution >= 0.6 is 0 Å². The van der Waals surface area contributed by atoms with Crippen LogP contribution in [0.1, 0.15) is 27.0 Å². The molecule has 33 heavy (non-hydrogen) atoms.